The van der Waals surface area contributed by atoms with Crippen LogP contribution in [0.25, 0.3) is 0 Å². The Morgan fingerprint density at radius 1 is 0.968 bits per heavy atom. The highest BCUT2D eigenvalue weighted by molar-refractivity contribution is 5.87. The summed E-state index contributed by atoms with van der Waals surface area (Å²) in [5, 5.41) is 33.5. The zero-order valence-corrected chi connectivity index (χ0v) is 16.6. The molecule has 0 bridgehead atoms. The predicted octanol–water partition coefficient (Wildman–Crippen LogP) is 3.57. The second kappa shape index (κ2) is 8.35. The van der Waals surface area contributed by atoms with E-state index in [9.17, 15) is 25.1 Å². The predicted molar refractivity (Wildman–Crippen MR) is 115 cm³/mol. The van der Waals surface area contributed by atoms with Crippen LogP contribution in [0.5, 0.6) is 11.5 Å². The summed E-state index contributed by atoms with van der Waals surface area (Å²) in [5.41, 5.74) is 3.02. The van der Waals surface area contributed by atoms with Crippen molar-refractivity contribution in [3.8, 4) is 11.5 Å². The summed E-state index contributed by atoms with van der Waals surface area (Å²) < 4.78 is 0. The molecule has 3 aromatic rings. The van der Waals surface area contributed by atoms with Crippen LogP contribution < -0.4 is 5.32 Å². The SMILES string of the molecule is O=C1[C@H](Cc2ccc(O)cc2)Nc2ccc([N+](=O)[O-])cc2CN1Cc1ccc(O)cc1. The minimum Gasteiger partial charge on any atom is -0.508 e. The van der Waals surface area contributed by atoms with Crippen molar-refractivity contribution in [2.45, 2.75) is 25.6 Å². The highest BCUT2D eigenvalue weighted by Crippen LogP contribution is 2.29. The number of nitrogens with zero attached hydrogens (tertiary/aromatic N) is 2. The van der Waals surface area contributed by atoms with Crippen molar-refractivity contribution in [2.24, 2.45) is 0 Å². The number of carbonyl (C=O) groups excluding carboxylic acids is 1. The van der Waals surface area contributed by atoms with Crippen LogP contribution >= 0.6 is 0 Å². The molecule has 0 fully saturated rings. The molecule has 1 heterocycles. The third kappa shape index (κ3) is 4.58. The first-order valence-electron chi connectivity index (χ1n) is 9.77. The number of hydrogen-bond acceptors (Lipinski definition) is 6. The number of nitrogens with one attached hydrogen (secondary N) is 1. The second-order valence-electron chi connectivity index (χ2n) is 7.53. The van der Waals surface area contributed by atoms with Crippen LogP contribution in [0.4, 0.5) is 11.4 Å². The fourth-order valence-corrected chi connectivity index (χ4v) is 3.68. The maximum Gasteiger partial charge on any atom is 0.269 e. The van der Waals surface area contributed by atoms with Gasteiger partial charge in [-0.15, -0.1) is 0 Å². The molecule has 0 saturated carbocycles. The normalized spacial score (nSPS) is 15.7. The minimum atomic E-state index is -0.579. The third-order valence-corrected chi connectivity index (χ3v) is 5.29. The zero-order chi connectivity index (χ0) is 22.0. The molecule has 3 aromatic carbocycles. The summed E-state index contributed by atoms with van der Waals surface area (Å²) >= 11 is 0. The standard InChI is InChI=1S/C23H21N3O5/c27-19-6-1-15(2-7-19)11-22-23(29)25(13-16-3-8-20(28)9-4-16)14-17-12-18(26(30)31)5-10-21(17)24-22/h1-10,12,22,24,27-28H,11,13-14H2/t22-/m0/s1. The highest BCUT2D eigenvalue weighted by Gasteiger charge is 2.30. The number of anilines is 1. The molecule has 1 aliphatic heterocycles. The quantitative estimate of drug-likeness (QED) is 0.430. The van der Waals surface area contributed by atoms with Crippen LogP contribution in [0.15, 0.2) is 66.7 Å². The van der Waals surface area contributed by atoms with Gasteiger partial charge in [-0.1, -0.05) is 24.3 Å². The largest absolute Gasteiger partial charge is 0.508 e. The number of nitro groups is 1. The van der Waals surface area contributed by atoms with Gasteiger partial charge in [0.05, 0.1) is 4.92 Å². The number of hydrogen-bond donors (Lipinski definition) is 3. The smallest absolute Gasteiger partial charge is 0.269 e. The molecule has 1 amide bonds. The molecule has 1 aliphatic rings. The van der Waals surface area contributed by atoms with Crippen molar-refractivity contribution < 1.29 is 19.9 Å². The lowest BCUT2D eigenvalue weighted by Gasteiger charge is -2.25. The number of aromatic hydroxyl groups is 2. The number of amides is 1. The van der Waals surface area contributed by atoms with Crippen LogP contribution in [0.2, 0.25) is 0 Å². The molecule has 3 N–H and O–H groups in total. The first kappa shape index (κ1) is 20.2. The third-order valence-electron chi connectivity index (χ3n) is 5.29. The van der Waals surface area contributed by atoms with E-state index < -0.39 is 11.0 Å². The Kier molecular flexibility index (Phi) is 5.44. The van der Waals surface area contributed by atoms with Crippen LogP contribution in [0.3, 0.4) is 0 Å². The molecular weight excluding hydrogens is 398 g/mol. The molecular formula is C23H21N3O5. The van der Waals surface area contributed by atoms with Crippen molar-refractivity contribution in [2.75, 3.05) is 5.32 Å². The number of fused-ring (bicyclic) bond motifs is 1. The average molecular weight is 419 g/mol. The molecule has 8 heteroatoms. The monoisotopic (exact) mass is 419 g/mol. The zero-order valence-electron chi connectivity index (χ0n) is 16.6. The highest BCUT2D eigenvalue weighted by atomic mass is 16.6. The van der Waals surface area contributed by atoms with Crippen molar-refractivity contribution in [1.82, 2.24) is 4.90 Å². The van der Waals surface area contributed by atoms with Gasteiger partial charge in [-0.05, 0) is 41.5 Å². The molecule has 4 rings (SSSR count). The summed E-state index contributed by atoms with van der Waals surface area (Å²) in [6.07, 6.45) is 0.390. The van der Waals surface area contributed by atoms with Crippen molar-refractivity contribution in [1.29, 1.82) is 0 Å². The Morgan fingerprint density at radius 3 is 2.19 bits per heavy atom. The van der Waals surface area contributed by atoms with Crippen molar-refractivity contribution in [3.63, 3.8) is 0 Å². The van der Waals surface area contributed by atoms with E-state index >= 15 is 0 Å². The van der Waals surface area contributed by atoms with Gasteiger partial charge >= 0.3 is 0 Å². The molecule has 0 unspecified atom stereocenters. The summed E-state index contributed by atoms with van der Waals surface area (Å²) in [7, 11) is 0. The molecule has 0 radical (unpaired) electrons. The molecule has 1 atom stereocenters. The first-order chi connectivity index (χ1) is 14.9. The molecule has 0 aromatic heterocycles. The van der Waals surface area contributed by atoms with Gasteiger partial charge in [-0.25, -0.2) is 0 Å². The number of phenolic OH excluding ortho intramolecular Hbond substituents is 2. The number of benzene rings is 3. The Labute approximate surface area is 178 Å². The minimum absolute atomic E-state index is 0.0328. The summed E-state index contributed by atoms with van der Waals surface area (Å²) in [5.74, 6) is 0.148. The summed E-state index contributed by atoms with van der Waals surface area (Å²) in [6.45, 7) is 0.519. The Bertz CT molecular complexity index is 1110. The van der Waals surface area contributed by atoms with Gasteiger partial charge in [0.1, 0.15) is 17.5 Å². The van der Waals surface area contributed by atoms with E-state index in [4.69, 9.17) is 0 Å². The van der Waals surface area contributed by atoms with Gasteiger partial charge < -0.3 is 20.4 Å². The van der Waals surface area contributed by atoms with Crippen LogP contribution in [0, 0.1) is 10.1 Å². The number of carbonyl (C=O) groups is 1. The van der Waals surface area contributed by atoms with E-state index in [1.54, 1.807) is 59.5 Å². The van der Waals surface area contributed by atoms with E-state index in [0.29, 0.717) is 24.2 Å². The lowest BCUT2D eigenvalue weighted by atomic mass is 10.0. The number of phenols is 2. The number of non-ortho nitro benzene ring substituents is 1. The van der Waals surface area contributed by atoms with E-state index in [0.717, 1.165) is 11.1 Å². The lowest BCUT2D eigenvalue weighted by Crippen LogP contribution is -2.41. The lowest BCUT2D eigenvalue weighted by molar-refractivity contribution is -0.384. The number of rotatable bonds is 5. The second-order valence-corrected chi connectivity index (χ2v) is 7.53. The van der Waals surface area contributed by atoms with Gasteiger partial charge in [-0.2, -0.15) is 0 Å². The first-order valence-corrected chi connectivity index (χ1v) is 9.77. The molecule has 31 heavy (non-hydrogen) atoms. The van der Waals surface area contributed by atoms with Gasteiger partial charge in [0.2, 0.25) is 5.91 Å². The van der Waals surface area contributed by atoms with Crippen LogP contribution in [-0.4, -0.2) is 32.0 Å². The number of nitro benzene ring substituents is 1. The van der Waals surface area contributed by atoms with Crippen LogP contribution in [0.1, 0.15) is 16.7 Å². The van der Waals surface area contributed by atoms with Gasteiger partial charge in [0.15, 0.2) is 0 Å². The summed E-state index contributed by atoms with van der Waals surface area (Å²) in [4.78, 5) is 25.8. The fourth-order valence-electron chi connectivity index (χ4n) is 3.68. The summed E-state index contributed by atoms with van der Waals surface area (Å²) in [6, 6.07) is 17.2. The molecule has 158 valence electrons. The van der Waals surface area contributed by atoms with Gasteiger partial charge in [0.25, 0.3) is 5.69 Å². The van der Waals surface area contributed by atoms with Crippen LogP contribution in [-0.2, 0) is 24.3 Å². The Balaban J connectivity index is 1.67. The van der Waals surface area contributed by atoms with Crippen molar-refractivity contribution >= 4 is 17.3 Å². The molecule has 0 saturated heterocycles. The van der Waals surface area contributed by atoms with E-state index in [1.807, 2.05) is 0 Å². The molecule has 0 aliphatic carbocycles. The topological polar surface area (TPSA) is 116 Å². The fraction of sp³-hybridized carbons (Fsp3) is 0.174. The Morgan fingerprint density at radius 2 is 1.58 bits per heavy atom. The van der Waals surface area contributed by atoms with Crippen molar-refractivity contribution in [3.05, 3.63) is 93.5 Å². The molecule has 0 spiro atoms. The van der Waals surface area contributed by atoms with Gasteiger partial charge in [-0.3, -0.25) is 14.9 Å². The van der Waals surface area contributed by atoms with Gasteiger partial charge in [0, 0.05) is 42.9 Å². The van der Waals surface area contributed by atoms with E-state index in [1.165, 1.54) is 12.1 Å². The van der Waals surface area contributed by atoms with E-state index in [-0.39, 0.29) is 29.6 Å². The maximum absolute atomic E-state index is 13.4. The Hall–Kier alpha value is -4.07. The molecule has 8 nitrogen and oxygen atoms in total. The maximum atomic E-state index is 13.4. The van der Waals surface area contributed by atoms with E-state index in [2.05, 4.69) is 5.32 Å². The average Bonchev–Trinajstić information content (AvgIpc) is 2.88.